The lowest BCUT2D eigenvalue weighted by Gasteiger charge is -2.20. The van der Waals surface area contributed by atoms with Gasteiger partial charge in [0.25, 0.3) is 0 Å². The predicted octanol–water partition coefficient (Wildman–Crippen LogP) is 11.8. The van der Waals surface area contributed by atoms with Gasteiger partial charge in [-0.1, -0.05) is 164 Å². The van der Waals surface area contributed by atoms with Crippen molar-refractivity contribution in [1.29, 1.82) is 0 Å². The van der Waals surface area contributed by atoms with Gasteiger partial charge in [0.15, 0.2) is 0 Å². The quantitative estimate of drug-likeness (QED) is 0.195. The van der Waals surface area contributed by atoms with Crippen LogP contribution in [0.2, 0.25) is 0 Å². The highest BCUT2D eigenvalue weighted by Gasteiger charge is 2.19. The molecule has 8 rings (SSSR count). The molecule has 0 saturated carbocycles. The summed E-state index contributed by atoms with van der Waals surface area (Å²) >= 11 is 0. The fourth-order valence-electron chi connectivity index (χ4n) is 6.02. The van der Waals surface area contributed by atoms with Gasteiger partial charge in [0.05, 0.1) is 9.60 Å². The molecule has 0 N–H and O–H groups in total. The number of rotatable bonds is 4. The normalized spacial score (nSPS) is 13.7. The summed E-state index contributed by atoms with van der Waals surface area (Å²) in [4.78, 5) is 0. The van der Waals surface area contributed by atoms with Gasteiger partial charge in [-0.15, -0.1) is 0 Å². The summed E-state index contributed by atoms with van der Waals surface area (Å²) in [5, 5.41) is 2.98. The third-order valence-corrected chi connectivity index (χ3v) is 7.90. The molecule has 0 unspecified atom stereocenters. The van der Waals surface area contributed by atoms with Crippen LogP contribution in [0.4, 0.5) is 0 Å². The fourth-order valence-corrected chi connectivity index (χ4v) is 6.02. The van der Waals surface area contributed by atoms with Gasteiger partial charge in [0, 0.05) is 0 Å². The Morgan fingerprint density at radius 1 is 0.310 bits per heavy atom. The number of hydrogen-bond acceptors (Lipinski definition) is 0. The molecule has 0 radical (unpaired) electrons. The average Bonchev–Trinajstić information content (AvgIpc) is 3.15. The molecule has 0 spiro atoms. The highest BCUT2D eigenvalue weighted by atomic mass is 14.2. The molecule has 0 fully saturated rings. The Labute approximate surface area is 256 Å². The summed E-state index contributed by atoms with van der Waals surface area (Å²) in [7, 11) is 0. The maximum absolute atomic E-state index is 9.77. The van der Waals surface area contributed by atoms with Crippen molar-refractivity contribution in [3.63, 3.8) is 0 Å². The lowest BCUT2D eigenvalue weighted by molar-refractivity contribution is 1.63. The fraction of sp³-hybridized carbons (Fsp3) is 0. The molecule has 0 atom stereocenters. The maximum Gasteiger partial charge on any atom is 0.0636 e. The second-order valence-electron chi connectivity index (χ2n) is 10.3. The van der Waals surface area contributed by atoms with E-state index in [-0.39, 0.29) is 53.1 Å². The molecule has 8 aromatic carbocycles. The van der Waals surface area contributed by atoms with Crippen LogP contribution in [0.5, 0.6) is 0 Å². The second kappa shape index (κ2) is 10.2. The van der Waals surface area contributed by atoms with Crippen LogP contribution < -0.4 is 0 Å². The Morgan fingerprint density at radius 2 is 0.810 bits per heavy atom. The second-order valence-corrected chi connectivity index (χ2v) is 10.3. The number of hydrogen-bond donors (Lipinski definition) is 0. The summed E-state index contributed by atoms with van der Waals surface area (Å²) in [6.07, 6.45) is 0. The Kier molecular flexibility index (Phi) is 4.38. The van der Waals surface area contributed by atoms with Gasteiger partial charge >= 0.3 is 0 Å². The first kappa shape index (κ1) is 18.1. The molecule has 0 bridgehead atoms. The van der Waals surface area contributed by atoms with Crippen LogP contribution in [-0.2, 0) is 0 Å². The van der Waals surface area contributed by atoms with E-state index in [1.807, 2.05) is 127 Å². The topological polar surface area (TPSA) is 0 Å². The molecular weight excluding hydrogens is 504 g/mol. The Bertz CT molecular complexity index is 2600. The van der Waals surface area contributed by atoms with Crippen molar-refractivity contribution in [2.45, 2.75) is 0 Å². The van der Waals surface area contributed by atoms with Crippen molar-refractivity contribution >= 4 is 32.3 Å². The van der Waals surface area contributed by atoms with E-state index in [9.17, 15) is 6.85 Å². The SMILES string of the molecule is [2H]c1c([2H])c([2H])c2c(-c3ccc(-c4ccccc4)c4ccccc34)c3c([2H])c([2H])c(-c4ccccc4)c([2H])c3c(-c3ccccc3)c2c1[2H]. The lowest BCUT2D eigenvalue weighted by atomic mass is 9.83. The number of fused-ring (bicyclic) bond motifs is 3. The van der Waals surface area contributed by atoms with Crippen LogP contribution in [0.25, 0.3) is 76.8 Å². The minimum atomic E-state index is -0.382. The largest absolute Gasteiger partial charge is 0.0636 e. The molecule has 0 saturated heterocycles. The zero-order chi connectivity index (χ0) is 34.0. The lowest BCUT2D eigenvalue weighted by Crippen LogP contribution is -1.93. The van der Waals surface area contributed by atoms with E-state index < -0.39 is 0 Å². The highest BCUT2D eigenvalue weighted by molar-refractivity contribution is 6.24. The minimum Gasteiger partial charge on any atom is -0.0622 e. The average molecular weight is 540 g/mol. The third kappa shape index (κ3) is 4.00. The molecule has 0 heteroatoms. The van der Waals surface area contributed by atoms with E-state index in [1.54, 1.807) is 0 Å². The molecule has 0 nitrogen and oxygen atoms in total. The van der Waals surface area contributed by atoms with Gasteiger partial charge in [0.1, 0.15) is 0 Å². The van der Waals surface area contributed by atoms with Crippen molar-refractivity contribution < 1.29 is 9.60 Å². The molecule has 0 heterocycles. The van der Waals surface area contributed by atoms with Crippen LogP contribution in [-0.4, -0.2) is 0 Å². The maximum atomic E-state index is 9.77. The van der Waals surface area contributed by atoms with Crippen LogP contribution in [0, 0.1) is 0 Å². The Balaban J connectivity index is 1.67. The zero-order valence-electron chi connectivity index (χ0n) is 29.6. The van der Waals surface area contributed by atoms with Gasteiger partial charge in [-0.3, -0.25) is 0 Å². The summed E-state index contributed by atoms with van der Waals surface area (Å²) in [5.74, 6) is 0. The number of benzene rings is 8. The van der Waals surface area contributed by atoms with Crippen LogP contribution in [0.1, 0.15) is 9.60 Å². The molecule has 0 amide bonds. The van der Waals surface area contributed by atoms with Gasteiger partial charge in [-0.05, 0) is 82.9 Å². The zero-order valence-corrected chi connectivity index (χ0v) is 22.6. The van der Waals surface area contributed by atoms with Crippen LogP contribution >= 0.6 is 0 Å². The third-order valence-electron chi connectivity index (χ3n) is 7.90. The van der Waals surface area contributed by atoms with Crippen molar-refractivity contribution in [3.05, 3.63) is 170 Å². The molecule has 8 aromatic rings. The monoisotopic (exact) mass is 539 g/mol. The van der Waals surface area contributed by atoms with Crippen molar-refractivity contribution in [1.82, 2.24) is 0 Å². The van der Waals surface area contributed by atoms with Crippen molar-refractivity contribution in [2.24, 2.45) is 0 Å². The molecule has 0 aliphatic rings. The van der Waals surface area contributed by atoms with Gasteiger partial charge in [-0.2, -0.15) is 0 Å². The molecule has 42 heavy (non-hydrogen) atoms. The molecule has 0 aliphatic heterocycles. The van der Waals surface area contributed by atoms with E-state index in [1.165, 1.54) is 0 Å². The van der Waals surface area contributed by atoms with Gasteiger partial charge in [0.2, 0.25) is 0 Å². The van der Waals surface area contributed by atoms with E-state index in [0.29, 0.717) is 44.2 Å². The highest BCUT2D eigenvalue weighted by Crippen LogP contribution is 2.47. The first-order valence-corrected chi connectivity index (χ1v) is 14.0. The summed E-state index contributed by atoms with van der Waals surface area (Å²) < 4.78 is 64.9. The first-order chi connectivity index (χ1) is 23.8. The van der Waals surface area contributed by atoms with Crippen LogP contribution in [0.15, 0.2) is 170 Å². The summed E-state index contributed by atoms with van der Waals surface area (Å²) in [6, 6.07) is 39.0. The standard InChI is InChI=1S/C42H28/c1-4-14-29(15-5-1)32-24-25-39-40(28-32)41(31-18-8-3-9-19-31)36-22-12-13-23-37(36)42(39)38-27-26-33(30-16-6-2-7-17-30)34-20-10-11-21-35(34)38/h1-28H/i12D,13D,22D,23D,24D,25D,28D. The Morgan fingerprint density at radius 3 is 1.48 bits per heavy atom. The summed E-state index contributed by atoms with van der Waals surface area (Å²) in [5.41, 5.74) is 5.12. The minimum absolute atomic E-state index is 0.0295. The Hall–Kier alpha value is -5.46. The van der Waals surface area contributed by atoms with Crippen molar-refractivity contribution in [2.75, 3.05) is 0 Å². The van der Waals surface area contributed by atoms with E-state index in [0.717, 1.165) is 21.9 Å². The summed E-state index contributed by atoms with van der Waals surface area (Å²) in [6.45, 7) is 0. The first-order valence-electron chi connectivity index (χ1n) is 17.5. The van der Waals surface area contributed by atoms with Gasteiger partial charge < -0.3 is 0 Å². The molecule has 0 aliphatic carbocycles. The van der Waals surface area contributed by atoms with Crippen molar-refractivity contribution in [3.8, 4) is 44.5 Å². The molecular formula is C42H28. The smallest absolute Gasteiger partial charge is 0.0622 e. The van der Waals surface area contributed by atoms with Crippen LogP contribution in [0.3, 0.4) is 0 Å². The molecule has 196 valence electrons. The predicted molar refractivity (Wildman–Crippen MR) is 181 cm³/mol. The van der Waals surface area contributed by atoms with E-state index in [2.05, 4.69) is 0 Å². The van der Waals surface area contributed by atoms with E-state index in [4.69, 9.17) is 2.74 Å². The van der Waals surface area contributed by atoms with E-state index >= 15 is 0 Å². The molecule has 0 aromatic heterocycles. The van der Waals surface area contributed by atoms with Gasteiger partial charge in [-0.25, -0.2) is 0 Å².